The second-order valence-electron chi connectivity index (χ2n) is 5.41. The summed E-state index contributed by atoms with van der Waals surface area (Å²) in [5.74, 6) is 0.130. The van der Waals surface area contributed by atoms with Gasteiger partial charge in [0.1, 0.15) is 19.2 Å². The van der Waals surface area contributed by atoms with Gasteiger partial charge < -0.3 is 14.8 Å². The first kappa shape index (κ1) is 14.2. The average Bonchev–Trinajstić information content (AvgIpc) is 2.24. The third-order valence-electron chi connectivity index (χ3n) is 2.38. The van der Waals surface area contributed by atoms with E-state index < -0.39 is 11.7 Å². The van der Waals surface area contributed by atoms with Gasteiger partial charge in [0.2, 0.25) is 0 Å². The Kier molecular flexibility index (Phi) is 3.61. The molecule has 7 heteroatoms. The smallest absolute Gasteiger partial charge is 0.412 e. The van der Waals surface area contributed by atoms with E-state index in [9.17, 15) is 9.59 Å². The SMILES string of the molecule is [B]c1cc(NC(=O)OC(C)(C)C)cc2c1OCC(=O)N2. The highest BCUT2D eigenvalue weighted by Crippen LogP contribution is 2.28. The quantitative estimate of drug-likeness (QED) is 0.753. The Morgan fingerprint density at radius 3 is 2.80 bits per heavy atom. The first-order valence-corrected chi connectivity index (χ1v) is 6.11. The van der Waals surface area contributed by atoms with Crippen LogP contribution in [0.2, 0.25) is 0 Å². The summed E-state index contributed by atoms with van der Waals surface area (Å²) >= 11 is 0. The summed E-state index contributed by atoms with van der Waals surface area (Å²) in [6.45, 7) is 5.22. The van der Waals surface area contributed by atoms with Gasteiger partial charge in [-0.2, -0.15) is 0 Å². The number of benzene rings is 1. The fourth-order valence-electron chi connectivity index (χ4n) is 1.72. The maximum Gasteiger partial charge on any atom is 0.412 e. The molecule has 1 aliphatic rings. The van der Waals surface area contributed by atoms with Crippen molar-refractivity contribution in [2.24, 2.45) is 0 Å². The van der Waals surface area contributed by atoms with Crippen LogP contribution in [0.1, 0.15) is 20.8 Å². The van der Waals surface area contributed by atoms with E-state index in [1.165, 1.54) is 0 Å². The van der Waals surface area contributed by atoms with E-state index >= 15 is 0 Å². The van der Waals surface area contributed by atoms with Crippen molar-refractivity contribution in [1.29, 1.82) is 0 Å². The standard InChI is InChI=1S/C13H15BN2O4/c1-13(2,3)20-12(18)15-7-4-8(14)11-9(5-7)16-10(17)6-19-11/h4-5H,6H2,1-3H3,(H,15,18)(H,16,17). The highest BCUT2D eigenvalue weighted by Gasteiger charge is 2.20. The van der Waals surface area contributed by atoms with Gasteiger partial charge in [0, 0.05) is 5.69 Å². The Hall–Kier alpha value is -2.18. The van der Waals surface area contributed by atoms with E-state index in [2.05, 4.69) is 10.6 Å². The third kappa shape index (κ3) is 3.43. The molecule has 6 nitrogen and oxygen atoms in total. The average molecular weight is 274 g/mol. The molecule has 0 saturated carbocycles. The largest absolute Gasteiger partial charge is 0.482 e. The number of amides is 2. The molecule has 0 spiro atoms. The van der Waals surface area contributed by atoms with Gasteiger partial charge in [-0.15, -0.1) is 0 Å². The molecule has 1 heterocycles. The number of carbonyl (C=O) groups is 2. The predicted molar refractivity (Wildman–Crippen MR) is 75.8 cm³/mol. The number of carbonyl (C=O) groups excluding carboxylic acids is 2. The van der Waals surface area contributed by atoms with Gasteiger partial charge in [0.15, 0.2) is 6.61 Å². The van der Waals surface area contributed by atoms with Crippen LogP contribution in [0.5, 0.6) is 5.75 Å². The molecule has 20 heavy (non-hydrogen) atoms. The second kappa shape index (κ2) is 5.07. The zero-order chi connectivity index (χ0) is 14.9. The van der Waals surface area contributed by atoms with Crippen molar-refractivity contribution in [2.45, 2.75) is 26.4 Å². The van der Waals surface area contributed by atoms with Crippen LogP contribution in [0.15, 0.2) is 12.1 Å². The maximum absolute atomic E-state index is 11.7. The van der Waals surface area contributed by atoms with Crippen LogP contribution in [0.4, 0.5) is 16.2 Å². The molecule has 104 valence electrons. The summed E-state index contributed by atoms with van der Waals surface area (Å²) in [6.07, 6.45) is -0.597. The van der Waals surface area contributed by atoms with Gasteiger partial charge in [0.05, 0.1) is 5.69 Å². The number of anilines is 2. The first-order valence-electron chi connectivity index (χ1n) is 6.11. The van der Waals surface area contributed by atoms with E-state index in [4.69, 9.17) is 17.3 Å². The second-order valence-corrected chi connectivity index (χ2v) is 5.41. The maximum atomic E-state index is 11.7. The Morgan fingerprint density at radius 2 is 2.15 bits per heavy atom. The van der Waals surface area contributed by atoms with Gasteiger partial charge in [-0.25, -0.2) is 4.79 Å². The Balaban J connectivity index is 2.18. The van der Waals surface area contributed by atoms with E-state index in [0.717, 1.165) is 0 Å². The number of rotatable bonds is 1. The molecule has 0 aromatic heterocycles. The van der Waals surface area contributed by atoms with Crippen LogP contribution < -0.4 is 20.8 Å². The highest BCUT2D eigenvalue weighted by molar-refractivity contribution is 6.35. The van der Waals surface area contributed by atoms with Gasteiger partial charge in [0.25, 0.3) is 5.91 Å². The Morgan fingerprint density at radius 1 is 1.45 bits per heavy atom. The molecule has 1 aromatic carbocycles. The van der Waals surface area contributed by atoms with Crippen LogP contribution in [0.25, 0.3) is 0 Å². The van der Waals surface area contributed by atoms with E-state index in [-0.39, 0.29) is 12.5 Å². The number of hydrogen-bond donors (Lipinski definition) is 2. The van der Waals surface area contributed by atoms with Crippen LogP contribution in [0, 0.1) is 0 Å². The molecule has 0 unspecified atom stereocenters. The van der Waals surface area contributed by atoms with Crippen LogP contribution in [-0.4, -0.2) is 32.1 Å². The minimum absolute atomic E-state index is 0.0734. The number of hydrogen-bond acceptors (Lipinski definition) is 4. The van der Waals surface area contributed by atoms with Crippen molar-refractivity contribution in [3.8, 4) is 5.75 Å². The Labute approximate surface area is 118 Å². The highest BCUT2D eigenvalue weighted by atomic mass is 16.6. The van der Waals surface area contributed by atoms with Gasteiger partial charge in [-0.05, 0) is 32.9 Å². The lowest BCUT2D eigenvalue weighted by molar-refractivity contribution is -0.118. The molecule has 1 aliphatic heterocycles. The topological polar surface area (TPSA) is 76.7 Å². The lowest BCUT2D eigenvalue weighted by atomic mass is 9.93. The number of ether oxygens (including phenoxy) is 2. The number of nitrogens with one attached hydrogen (secondary N) is 2. The predicted octanol–water partition coefficient (Wildman–Crippen LogP) is 1.16. The summed E-state index contributed by atoms with van der Waals surface area (Å²) in [7, 11) is 5.82. The molecule has 1 aromatic rings. The summed E-state index contributed by atoms with van der Waals surface area (Å²) in [6, 6.07) is 3.10. The van der Waals surface area contributed by atoms with E-state index in [1.54, 1.807) is 32.9 Å². The lowest BCUT2D eigenvalue weighted by Gasteiger charge is -2.22. The summed E-state index contributed by atoms with van der Waals surface area (Å²) in [4.78, 5) is 22.9. The van der Waals surface area contributed by atoms with Crippen LogP contribution in [-0.2, 0) is 9.53 Å². The molecule has 2 amide bonds. The Bertz CT molecular complexity index is 566. The van der Waals surface area contributed by atoms with Crippen LogP contribution in [0.3, 0.4) is 0 Å². The monoisotopic (exact) mass is 274 g/mol. The zero-order valence-electron chi connectivity index (χ0n) is 11.6. The van der Waals surface area contributed by atoms with Crippen molar-refractivity contribution in [1.82, 2.24) is 0 Å². The van der Waals surface area contributed by atoms with Crippen molar-refractivity contribution < 1.29 is 19.1 Å². The summed E-state index contributed by atoms with van der Waals surface area (Å²) in [5, 5.41) is 5.18. The minimum atomic E-state index is -0.597. The van der Waals surface area contributed by atoms with Crippen molar-refractivity contribution in [2.75, 3.05) is 17.2 Å². The van der Waals surface area contributed by atoms with E-state index in [0.29, 0.717) is 22.6 Å². The molecular weight excluding hydrogens is 259 g/mol. The molecule has 0 aliphatic carbocycles. The fourth-order valence-corrected chi connectivity index (χ4v) is 1.72. The van der Waals surface area contributed by atoms with Gasteiger partial charge in [-0.3, -0.25) is 10.1 Å². The summed E-state index contributed by atoms with van der Waals surface area (Å²) in [5.41, 5.74) is 0.573. The fraction of sp³-hybridized carbons (Fsp3) is 0.385. The molecular formula is C13H15BN2O4. The molecule has 0 atom stereocenters. The molecule has 2 N–H and O–H groups in total. The zero-order valence-corrected chi connectivity index (χ0v) is 11.6. The first-order chi connectivity index (χ1) is 9.24. The van der Waals surface area contributed by atoms with Gasteiger partial charge >= 0.3 is 6.09 Å². The molecule has 2 radical (unpaired) electrons. The minimum Gasteiger partial charge on any atom is -0.482 e. The van der Waals surface area contributed by atoms with Crippen molar-refractivity contribution >= 4 is 36.7 Å². The normalized spacial score (nSPS) is 13.8. The third-order valence-corrected chi connectivity index (χ3v) is 2.38. The lowest BCUT2D eigenvalue weighted by Crippen LogP contribution is -2.30. The molecule has 0 fully saturated rings. The number of fused-ring (bicyclic) bond motifs is 1. The van der Waals surface area contributed by atoms with Gasteiger partial charge in [-0.1, -0.05) is 5.46 Å². The van der Waals surface area contributed by atoms with Crippen molar-refractivity contribution in [3.63, 3.8) is 0 Å². The molecule has 0 bridgehead atoms. The summed E-state index contributed by atoms with van der Waals surface area (Å²) < 4.78 is 10.4. The van der Waals surface area contributed by atoms with Crippen molar-refractivity contribution in [3.05, 3.63) is 12.1 Å². The molecule has 2 rings (SSSR count). The van der Waals surface area contributed by atoms with E-state index in [1.807, 2.05) is 0 Å². The van der Waals surface area contributed by atoms with Crippen LogP contribution >= 0.6 is 0 Å². The molecule has 0 saturated heterocycles.